The van der Waals surface area contributed by atoms with Crippen molar-refractivity contribution in [3.63, 3.8) is 0 Å². The molecule has 2 heterocycles. The Bertz CT molecular complexity index is 816. The Balaban J connectivity index is 1.90. The molecule has 0 N–H and O–H groups in total. The van der Waals surface area contributed by atoms with E-state index in [4.69, 9.17) is 9.73 Å². The zero-order valence-electron chi connectivity index (χ0n) is 15.8. The van der Waals surface area contributed by atoms with Crippen LogP contribution in [0.15, 0.2) is 41.7 Å². The van der Waals surface area contributed by atoms with Crippen LogP contribution >= 0.6 is 0 Å². The van der Waals surface area contributed by atoms with Crippen LogP contribution in [0.2, 0.25) is 0 Å². The number of aromatic nitrogens is 2. The largest absolute Gasteiger partial charge is 0.475 e. The Morgan fingerprint density at radius 1 is 1.23 bits per heavy atom. The molecule has 0 unspecified atom stereocenters. The van der Waals surface area contributed by atoms with Gasteiger partial charge in [0, 0.05) is 18.5 Å². The van der Waals surface area contributed by atoms with Crippen molar-refractivity contribution < 1.29 is 9.53 Å². The van der Waals surface area contributed by atoms with Gasteiger partial charge in [0.15, 0.2) is 0 Å². The van der Waals surface area contributed by atoms with Crippen LogP contribution in [0.25, 0.3) is 0 Å². The third-order valence-corrected chi connectivity index (χ3v) is 4.54. The van der Waals surface area contributed by atoms with Crippen LogP contribution < -0.4 is 10.2 Å². The quantitative estimate of drug-likeness (QED) is 0.837. The van der Waals surface area contributed by atoms with E-state index in [0.29, 0.717) is 17.5 Å². The summed E-state index contributed by atoms with van der Waals surface area (Å²) in [5.41, 5.74) is 2.35. The minimum Gasteiger partial charge on any atom is -0.475 e. The second kappa shape index (κ2) is 8.30. The van der Waals surface area contributed by atoms with Gasteiger partial charge in [-0.3, -0.25) is 14.4 Å². The summed E-state index contributed by atoms with van der Waals surface area (Å²) in [7, 11) is 0. The molecule has 2 aromatic heterocycles. The minimum absolute atomic E-state index is 0.0522. The second-order valence-electron chi connectivity index (χ2n) is 7.21. The summed E-state index contributed by atoms with van der Waals surface area (Å²) >= 11 is 0. The molecule has 0 aliphatic heterocycles. The van der Waals surface area contributed by atoms with Crippen LogP contribution in [0.1, 0.15) is 61.9 Å². The molecule has 2 aromatic rings. The maximum Gasteiger partial charge on any atom is 0.265 e. The number of carbonyl (C=O) groups excluding carboxylic acids is 1. The minimum atomic E-state index is -0.122. The summed E-state index contributed by atoms with van der Waals surface area (Å²) in [5.74, 6) is 0.403. The van der Waals surface area contributed by atoms with Crippen molar-refractivity contribution in [3.05, 3.63) is 53.3 Å². The number of carbonyl (C=O) groups is 1. The molecule has 26 heavy (non-hydrogen) atoms. The fourth-order valence-corrected chi connectivity index (χ4v) is 3.22. The lowest BCUT2D eigenvalue weighted by Crippen LogP contribution is -2.29. The van der Waals surface area contributed by atoms with Crippen molar-refractivity contribution in [1.82, 2.24) is 9.55 Å². The van der Waals surface area contributed by atoms with Gasteiger partial charge in [0.05, 0.1) is 17.7 Å². The van der Waals surface area contributed by atoms with E-state index in [1.807, 2.05) is 32.9 Å². The van der Waals surface area contributed by atoms with Crippen LogP contribution in [0.4, 0.5) is 0 Å². The molecule has 3 rings (SSSR count). The fourth-order valence-electron chi connectivity index (χ4n) is 3.22. The molecule has 0 saturated heterocycles. The maximum atomic E-state index is 13.0. The first-order valence-electron chi connectivity index (χ1n) is 9.43. The first kappa shape index (κ1) is 18.4. The summed E-state index contributed by atoms with van der Waals surface area (Å²) in [6.45, 7) is 5.91. The molecule has 0 amide bonds. The van der Waals surface area contributed by atoms with Crippen LogP contribution in [0.5, 0.6) is 5.88 Å². The van der Waals surface area contributed by atoms with Gasteiger partial charge in [-0.05, 0) is 57.4 Å². The Kier molecular flexibility index (Phi) is 5.86. The van der Waals surface area contributed by atoms with Gasteiger partial charge in [-0.1, -0.05) is 19.3 Å². The summed E-state index contributed by atoms with van der Waals surface area (Å²) in [5, 5.41) is 0. The van der Waals surface area contributed by atoms with E-state index in [1.165, 1.54) is 19.3 Å². The summed E-state index contributed by atoms with van der Waals surface area (Å²) < 4.78 is 7.17. The number of hydrogen-bond donors (Lipinski definition) is 0. The zero-order chi connectivity index (χ0) is 18.5. The number of pyridine rings is 2. The predicted molar refractivity (Wildman–Crippen MR) is 101 cm³/mol. The van der Waals surface area contributed by atoms with E-state index in [-0.39, 0.29) is 12.0 Å². The first-order chi connectivity index (χ1) is 12.5. The number of aryl methyl sites for hydroxylation is 1. The van der Waals surface area contributed by atoms with Gasteiger partial charge in [-0.15, -0.1) is 0 Å². The second-order valence-corrected chi connectivity index (χ2v) is 7.21. The van der Waals surface area contributed by atoms with E-state index in [9.17, 15) is 4.79 Å². The van der Waals surface area contributed by atoms with Crippen molar-refractivity contribution in [2.75, 3.05) is 0 Å². The smallest absolute Gasteiger partial charge is 0.265 e. The van der Waals surface area contributed by atoms with Gasteiger partial charge in [0.25, 0.3) is 5.91 Å². The van der Waals surface area contributed by atoms with Crippen LogP contribution in [0.3, 0.4) is 0 Å². The topological polar surface area (TPSA) is 56.5 Å². The highest BCUT2D eigenvalue weighted by Gasteiger charge is 2.14. The molecule has 1 fully saturated rings. The molecule has 1 aliphatic rings. The van der Waals surface area contributed by atoms with Crippen LogP contribution in [0, 0.1) is 6.92 Å². The lowest BCUT2D eigenvalue weighted by Gasteiger charge is -2.18. The third-order valence-electron chi connectivity index (χ3n) is 4.54. The lowest BCUT2D eigenvalue weighted by molar-refractivity contribution is 0.0954. The third kappa shape index (κ3) is 4.59. The van der Waals surface area contributed by atoms with Crippen molar-refractivity contribution in [1.29, 1.82) is 0 Å². The summed E-state index contributed by atoms with van der Waals surface area (Å²) in [6, 6.07) is 7.71. The van der Waals surface area contributed by atoms with E-state index in [0.717, 1.165) is 23.9 Å². The molecular weight excluding hydrogens is 326 g/mol. The summed E-state index contributed by atoms with van der Waals surface area (Å²) in [6.07, 6.45) is 9.35. The molecule has 0 aromatic carbocycles. The average Bonchev–Trinajstić information content (AvgIpc) is 2.62. The van der Waals surface area contributed by atoms with Crippen molar-refractivity contribution in [2.45, 2.75) is 65.0 Å². The number of ether oxygens (including phenoxy) is 1. The molecule has 1 saturated carbocycles. The maximum absolute atomic E-state index is 13.0. The normalized spacial score (nSPS) is 16.1. The van der Waals surface area contributed by atoms with Gasteiger partial charge < -0.3 is 4.74 Å². The highest BCUT2D eigenvalue weighted by atomic mass is 16.5. The molecule has 0 radical (unpaired) electrons. The zero-order valence-corrected chi connectivity index (χ0v) is 15.8. The monoisotopic (exact) mass is 353 g/mol. The molecule has 5 heteroatoms. The lowest BCUT2D eigenvalue weighted by atomic mass is 9.96. The fraction of sp³-hybridized carbons (Fsp3) is 0.476. The Morgan fingerprint density at radius 2 is 2.00 bits per heavy atom. The molecule has 5 nitrogen and oxygen atoms in total. The highest BCUT2D eigenvalue weighted by Crippen LogP contribution is 2.19. The molecule has 0 bridgehead atoms. The summed E-state index contributed by atoms with van der Waals surface area (Å²) in [4.78, 5) is 22.1. The number of hydrogen-bond acceptors (Lipinski definition) is 4. The molecule has 0 spiro atoms. The van der Waals surface area contributed by atoms with E-state index in [1.54, 1.807) is 29.1 Å². The molecule has 1 aliphatic carbocycles. The highest BCUT2D eigenvalue weighted by molar-refractivity contribution is 5.95. The number of nitrogens with zero attached hydrogens (tertiary/aromatic N) is 3. The van der Waals surface area contributed by atoms with Crippen LogP contribution in [-0.2, 0) is 0 Å². The van der Waals surface area contributed by atoms with Crippen LogP contribution in [-0.4, -0.2) is 27.6 Å². The van der Waals surface area contributed by atoms with Gasteiger partial charge in [-0.2, -0.15) is 0 Å². The molecule has 138 valence electrons. The standard InChI is InChI=1S/C21H27N3O2/c1-15(2)26-20-10-9-17(14-22-20)21(25)24-12-11-16(3)13-19(24)23-18-7-5-4-6-8-18/h9-15,18H,4-8H2,1-3H3. The average molecular weight is 353 g/mol. The van der Waals surface area contributed by atoms with E-state index in [2.05, 4.69) is 4.98 Å². The van der Waals surface area contributed by atoms with Crippen molar-refractivity contribution in [3.8, 4) is 5.88 Å². The SMILES string of the molecule is Cc1ccn(C(=O)c2ccc(OC(C)C)nc2)c(=NC2CCCCC2)c1. The van der Waals surface area contributed by atoms with Gasteiger partial charge in [0.1, 0.15) is 5.49 Å². The first-order valence-corrected chi connectivity index (χ1v) is 9.43. The van der Waals surface area contributed by atoms with Gasteiger partial charge in [0.2, 0.25) is 5.88 Å². The molecular formula is C21H27N3O2. The predicted octanol–water partition coefficient (Wildman–Crippen LogP) is 3.90. The van der Waals surface area contributed by atoms with Gasteiger partial charge in [-0.25, -0.2) is 4.98 Å². The Labute approximate surface area is 154 Å². The Hall–Kier alpha value is -2.43. The van der Waals surface area contributed by atoms with Crippen molar-refractivity contribution >= 4 is 5.91 Å². The number of rotatable bonds is 4. The van der Waals surface area contributed by atoms with Crippen molar-refractivity contribution in [2.24, 2.45) is 4.99 Å². The van der Waals surface area contributed by atoms with E-state index < -0.39 is 0 Å². The Morgan fingerprint density at radius 3 is 2.65 bits per heavy atom. The van der Waals surface area contributed by atoms with Gasteiger partial charge >= 0.3 is 0 Å². The molecule has 0 atom stereocenters. The van der Waals surface area contributed by atoms with E-state index >= 15 is 0 Å².